The van der Waals surface area contributed by atoms with Crippen molar-refractivity contribution in [1.29, 1.82) is 5.26 Å². The molecule has 0 bridgehead atoms. The lowest BCUT2D eigenvalue weighted by Crippen LogP contribution is -2.30. The molecule has 4 heteroatoms. The third-order valence-electron chi connectivity index (χ3n) is 1.65. The number of rotatable bonds is 4. The van der Waals surface area contributed by atoms with Gasteiger partial charge in [-0.25, -0.2) is 0 Å². The van der Waals surface area contributed by atoms with E-state index < -0.39 is 0 Å². The van der Waals surface area contributed by atoms with Crippen molar-refractivity contribution in [1.82, 2.24) is 10.6 Å². The minimum Gasteiger partial charge on any atom is -0.350 e. The molecule has 0 aliphatic carbocycles. The van der Waals surface area contributed by atoms with Crippen LogP contribution < -0.4 is 10.6 Å². The zero-order valence-electron chi connectivity index (χ0n) is 7.66. The van der Waals surface area contributed by atoms with Gasteiger partial charge in [0.15, 0.2) is 6.19 Å². The molecule has 1 aromatic rings. The zero-order valence-corrected chi connectivity index (χ0v) is 7.66. The highest BCUT2D eigenvalue weighted by molar-refractivity contribution is 5.94. The Hall–Kier alpha value is -2.02. The number of benzene rings is 1. The molecule has 0 fully saturated rings. The average Bonchev–Trinajstić information content (AvgIpc) is 2.25. The highest BCUT2D eigenvalue weighted by atomic mass is 16.1. The van der Waals surface area contributed by atoms with Crippen molar-refractivity contribution in [3.05, 3.63) is 35.9 Å². The summed E-state index contributed by atoms with van der Waals surface area (Å²) in [4.78, 5) is 11.4. The van der Waals surface area contributed by atoms with Crippen LogP contribution in [-0.4, -0.2) is 19.0 Å². The first-order valence-electron chi connectivity index (χ1n) is 4.30. The van der Waals surface area contributed by atoms with Gasteiger partial charge in [0.25, 0.3) is 5.91 Å². The minimum absolute atomic E-state index is 0.120. The van der Waals surface area contributed by atoms with E-state index in [-0.39, 0.29) is 5.91 Å². The Kier molecular flexibility index (Phi) is 4.02. The lowest BCUT2D eigenvalue weighted by atomic mass is 10.2. The molecule has 0 saturated heterocycles. The van der Waals surface area contributed by atoms with Crippen molar-refractivity contribution in [2.75, 3.05) is 13.1 Å². The number of hydrogen-bond donors (Lipinski definition) is 2. The Morgan fingerprint density at radius 2 is 2.00 bits per heavy atom. The molecule has 4 nitrogen and oxygen atoms in total. The maximum Gasteiger partial charge on any atom is 0.251 e. The van der Waals surface area contributed by atoms with Crippen LogP contribution in [0.25, 0.3) is 0 Å². The number of nitrogens with zero attached hydrogens (tertiary/aromatic N) is 1. The molecule has 0 aliphatic rings. The Morgan fingerprint density at radius 1 is 1.29 bits per heavy atom. The molecule has 14 heavy (non-hydrogen) atoms. The Labute approximate surface area is 82.5 Å². The number of amides is 1. The number of nitrogens with one attached hydrogen (secondary N) is 2. The van der Waals surface area contributed by atoms with Crippen LogP contribution in [0.1, 0.15) is 10.4 Å². The molecular formula is C10H11N3O. The van der Waals surface area contributed by atoms with Crippen LogP contribution in [0.4, 0.5) is 0 Å². The van der Waals surface area contributed by atoms with Gasteiger partial charge in [-0.2, -0.15) is 5.26 Å². The third-order valence-corrected chi connectivity index (χ3v) is 1.65. The molecular weight excluding hydrogens is 178 g/mol. The van der Waals surface area contributed by atoms with Crippen LogP contribution in [-0.2, 0) is 0 Å². The second kappa shape index (κ2) is 5.60. The number of carbonyl (C=O) groups is 1. The van der Waals surface area contributed by atoms with Crippen LogP contribution in [0.2, 0.25) is 0 Å². The van der Waals surface area contributed by atoms with Gasteiger partial charge < -0.3 is 10.6 Å². The summed E-state index contributed by atoms with van der Waals surface area (Å²) in [6, 6.07) is 8.96. The summed E-state index contributed by atoms with van der Waals surface area (Å²) < 4.78 is 0. The van der Waals surface area contributed by atoms with Gasteiger partial charge in [-0.15, -0.1) is 0 Å². The molecule has 1 rings (SSSR count). The van der Waals surface area contributed by atoms with Gasteiger partial charge in [-0.1, -0.05) is 18.2 Å². The molecule has 72 valence electrons. The van der Waals surface area contributed by atoms with E-state index in [9.17, 15) is 4.79 Å². The maximum atomic E-state index is 11.4. The smallest absolute Gasteiger partial charge is 0.251 e. The van der Waals surface area contributed by atoms with Gasteiger partial charge in [0.2, 0.25) is 0 Å². The SMILES string of the molecule is N#CNCCNC(=O)c1ccccc1. The van der Waals surface area contributed by atoms with Gasteiger partial charge in [-0.05, 0) is 12.1 Å². The van der Waals surface area contributed by atoms with Crippen molar-refractivity contribution in [2.24, 2.45) is 0 Å². The van der Waals surface area contributed by atoms with Crippen molar-refractivity contribution < 1.29 is 4.79 Å². The molecule has 1 amide bonds. The minimum atomic E-state index is -0.120. The van der Waals surface area contributed by atoms with Crippen molar-refractivity contribution in [3.8, 4) is 6.19 Å². The highest BCUT2D eigenvalue weighted by Crippen LogP contribution is 1.96. The average molecular weight is 189 g/mol. The second-order valence-corrected chi connectivity index (χ2v) is 2.66. The van der Waals surface area contributed by atoms with Crippen molar-refractivity contribution in [2.45, 2.75) is 0 Å². The first-order chi connectivity index (χ1) is 6.84. The van der Waals surface area contributed by atoms with Crippen LogP contribution in [0.3, 0.4) is 0 Å². The fraction of sp³-hybridized carbons (Fsp3) is 0.200. The summed E-state index contributed by atoms with van der Waals surface area (Å²) >= 11 is 0. The summed E-state index contributed by atoms with van der Waals surface area (Å²) in [6.45, 7) is 0.899. The molecule has 0 heterocycles. The van der Waals surface area contributed by atoms with E-state index in [1.807, 2.05) is 18.2 Å². The molecule has 0 saturated carbocycles. The van der Waals surface area contributed by atoms with Gasteiger partial charge in [0.1, 0.15) is 0 Å². The predicted molar refractivity (Wildman–Crippen MR) is 52.4 cm³/mol. The molecule has 0 aliphatic heterocycles. The largest absolute Gasteiger partial charge is 0.350 e. The monoisotopic (exact) mass is 189 g/mol. The molecule has 0 atom stereocenters. The van der Waals surface area contributed by atoms with E-state index in [1.54, 1.807) is 18.3 Å². The first-order valence-corrected chi connectivity index (χ1v) is 4.30. The number of carbonyl (C=O) groups excluding carboxylic acids is 1. The van der Waals surface area contributed by atoms with Gasteiger partial charge in [0.05, 0.1) is 0 Å². The maximum absolute atomic E-state index is 11.4. The fourth-order valence-electron chi connectivity index (χ4n) is 0.986. The third kappa shape index (κ3) is 3.15. The van der Waals surface area contributed by atoms with E-state index >= 15 is 0 Å². The van der Waals surface area contributed by atoms with Crippen LogP contribution in [0, 0.1) is 11.5 Å². The topological polar surface area (TPSA) is 64.9 Å². The van der Waals surface area contributed by atoms with Gasteiger partial charge >= 0.3 is 0 Å². The van der Waals surface area contributed by atoms with Crippen LogP contribution >= 0.6 is 0 Å². The van der Waals surface area contributed by atoms with Gasteiger partial charge in [0, 0.05) is 18.7 Å². The van der Waals surface area contributed by atoms with E-state index in [1.165, 1.54) is 0 Å². The molecule has 0 unspecified atom stereocenters. The second-order valence-electron chi connectivity index (χ2n) is 2.66. The van der Waals surface area contributed by atoms with E-state index in [0.717, 1.165) is 0 Å². The van der Waals surface area contributed by atoms with Crippen LogP contribution in [0.5, 0.6) is 0 Å². The molecule has 2 N–H and O–H groups in total. The van der Waals surface area contributed by atoms with E-state index in [0.29, 0.717) is 18.7 Å². The molecule has 0 aromatic heterocycles. The quantitative estimate of drug-likeness (QED) is 0.411. The van der Waals surface area contributed by atoms with Crippen molar-refractivity contribution >= 4 is 5.91 Å². The predicted octanol–water partition coefficient (Wildman–Crippen LogP) is 0.487. The van der Waals surface area contributed by atoms with E-state index in [4.69, 9.17) is 5.26 Å². The summed E-state index contributed by atoms with van der Waals surface area (Å²) in [6.07, 6.45) is 1.78. The zero-order chi connectivity index (χ0) is 10.2. The Bertz CT molecular complexity index is 329. The van der Waals surface area contributed by atoms with Crippen molar-refractivity contribution in [3.63, 3.8) is 0 Å². The summed E-state index contributed by atoms with van der Waals surface area (Å²) in [5.74, 6) is -0.120. The lowest BCUT2D eigenvalue weighted by molar-refractivity contribution is 0.0954. The number of hydrogen-bond acceptors (Lipinski definition) is 3. The first kappa shape index (κ1) is 10.1. The molecule has 1 aromatic carbocycles. The van der Waals surface area contributed by atoms with Crippen LogP contribution in [0.15, 0.2) is 30.3 Å². The fourth-order valence-corrected chi connectivity index (χ4v) is 0.986. The summed E-state index contributed by atoms with van der Waals surface area (Å²) in [5, 5.41) is 13.3. The Balaban J connectivity index is 2.33. The normalized spacial score (nSPS) is 8.79. The summed E-state index contributed by atoms with van der Waals surface area (Å²) in [7, 11) is 0. The Morgan fingerprint density at radius 3 is 2.64 bits per heavy atom. The molecule has 0 spiro atoms. The summed E-state index contributed by atoms with van der Waals surface area (Å²) in [5.41, 5.74) is 0.629. The molecule has 0 radical (unpaired) electrons. The standard InChI is InChI=1S/C10H11N3O/c11-8-12-6-7-13-10(14)9-4-2-1-3-5-9/h1-5,12H,6-7H2,(H,13,14). The highest BCUT2D eigenvalue weighted by Gasteiger charge is 2.01. The number of nitriles is 1. The van der Waals surface area contributed by atoms with Gasteiger partial charge in [-0.3, -0.25) is 4.79 Å². The lowest BCUT2D eigenvalue weighted by Gasteiger charge is -2.03. The van der Waals surface area contributed by atoms with E-state index in [2.05, 4.69) is 10.6 Å².